The first-order valence-electron chi connectivity index (χ1n) is 4.68. The second-order valence-corrected chi connectivity index (χ2v) is 4.00. The Morgan fingerprint density at radius 3 is 2.27 bits per heavy atom. The zero-order valence-corrected chi connectivity index (χ0v) is 9.61. The van der Waals surface area contributed by atoms with Gasteiger partial charge >= 0.3 is 5.97 Å². The number of rotatable bonds is 5. The van der Waals surface area contributed by atoms with Crippen LogP contribution < -0.4 is 0 Å². The first-order chi connectivity index (χ1) is 6.81. The number of aliphatic carboxylic acids is 1. The molecule has 0 heterocycles. The maximum atomic E-state index is 10.8. The fourth-order valence-electron chi connectivity index (χ4n) is 0.824. The standard InChI is InChI=1S/C11H18O4/c1-6-8(10(12)13)9(7-2)14-15-11(3,4)5/h6-7,9H,2H2,1,3-5H3,(H,12,13). The Labute approximate surface area is 90.1 Å². The third-order valence-corrected chi connectivity index (χ3v) is 1.48. The van der Waals surface area contributed by atoms with Crippen molar-refractivity contribution in [1.82, 2.24) is 0 Å². The Morgan fingerprint density at radius 2 is 2.00 bits per heavy atom. The van der Waals surface area contributed by atoms with Gasteiger partial charge in [-0.25, -0.2) is 14.6 Å². The second kappa shape index (κ2) is 5.68. The van der Waals surface area contributed by atoms with Crippen LogP contribution in [0, 0.1) is 0 Å². The van der Waals surface area contributed by atoms with E-state index in [0.717, 1.165) is 0 Å². The van der Waals surface area contributed by atoms with Crippen molar-refractivity contribution >= 4 is 5.97 Å². The van der Waals surface area contributed by atoms with E-state index in [1.54, 1.807) is 6.92 Å². The van der Waals surface area contributed by atoms with E-state index in [-0.39, 0.29) is 5.57 Å². The average molecular weight is 214 g/mol. The number of carbonyl (C=O) groups is 1. The Kier molecular flexibility index (Phi) is 5.25. The summed E-state index contributed by atoms with van der Waals surface area (Å²) in [7, 11) is 0. The molecule has 1 atom stereocenters. The van der Waals surface area contributed by atoms with Gasteiger partial charge in [-0.2, -0.15) is 0 Å². The van der Waals surface area contributed by atoms with Crippen molar-refractivity contribution in [1.29, 1.82) is 0 Å². The number of allylic oxidation sites excluding steroid dienone is 1. The topological polar surface area (TPSA) is 55.8 Å². The van der Waals surface area contributed by atoms with E-state index in [1.165, 1.54) is 12.2 Å². The molecule has 0 amide bonds. The summed E-state index contributed by atoms with van der Waals surface area (Å²) in [5, 5.41) is 8.85. The Morgan fingerprint density at radius 1 is 1.47 bits per heavy atom. The van der Waals surface area contributed by atoms with Crippen LogP contribution in [0.15, 0.2) is 24.3 Å². The highest BCUT2D eigenvalue weighted by Crippen LogP contribution is 2.14. The molecule has 1 unspecified atom stereocenters. The van der Waals surface area contributed by atoms with Gasteiger partial charge in [0.25, 0.3) is 0 Å². The number of carboxylic acid groups (broad SMARTS) is 1. The molecule has 1 N–H and O–H groups in total. The van der Waals surface area contributed by atoms with Crippen LogP contribution in [0.25, 0.3) is 0 Å². The Balaban J connectivity index is 4.50. The molecule has 0 radical (unpaired) electrons. The van der Waals surface area contributed by atoms with E-state index in [9.17, 15) is 4.79 Å². The lowest BCUT2D eigenvalue weighted by Gasteiger charge is -2.21. The lowest BCUT2D eigenvalue weighted by Crippen LogP contribution is -2.26. The predicted molar refractivity (Wildman–Crippen MR) is 57.3 cm³/mol. The molecule has 0 saturated heterocycles. The van der Waals surface area contributed by atoms with E-state index in [0.29, 0.717) is 0 Å². The van der Waals surface area contributed by atoms with Gasteiger partial charge in [0.2, 0.25) is 0 Å². The van der Waals surface area contributed by atoms with Gasteiger partial charge in [-0.3, -0.25) is 0 Å². The van der Waals surface area contributed by atoms with Crippen molar-refractivity contribution < 1.29 is 19.7 Å². The molecule has 15 heavy (non-hydrogen) atoms. The monoisotopic (exact) mass is 214 g/mol. The van der Waals surface area contributed by atoms with Crippen LogP contribution >= 0.6 is 0 Å². The molecule has 0 aromatic carbocycles. The molecule has 0 rings (SSSR count). The smallest absolute Gasteiger partial charge is 0.334 e. The normalized spacial score (nSPS) is 14.8. The maximum absolute atomic E-state index is 10.8. The Bertz CT molecular complexity index is 260. The average Bonchev–Trinajstić information content (AvgIpc) is 2.09. The van der Waals surface area contributed by atoms with E-state index in [2.05, 4.69) is 6.58 Å². The van der Waals surface area contributed by atoms with Crippen LogP contribution in [0.2, 0.25) is 0 Å². The summed E-state index contributed by atoms with van der Waals surface area (Å²) >= 11 is 0. The van der Waals surface area contributed by atoms with Crippen LogP contribution in [0.5, 0.6) is 0 Å². The van der Waals surface area contributed by atoms with Crippen LogP contribution in [0.4, 0.5) is 0 Å². The molecule has 0 saturated carbocycles. The predicted octanol–water partition coefficient (Wildman–Crippen LogP) is 2.32. The highest BCUT2D eigenvalue weighted by molar-refractivity contribution is 5.88. The van der Waals surface area contributed by atoms with Gasteiger partial charge in [-0.05, 0) is 27.7 Å². The summed E-state index contributed by atoms with van der Waals surface area (Å²) < 4.78 is 0. The molecule has 0 fully saturated rings. The third kappa shape index (κ3) is 5.34. The first kappa shape index (κ1) is 13.9. The van der Waals surface area contributed by atoms with Crippen LogP contribution in [0.3, 0.4) is 0 Å². The quantitative estimate of drug-likeness (QED) is 0.330. The van der Waals surface area contributed by atoms with Crippen molar-refractivity contribution in [2.45, 2.75) is 39.4 Å². The van der Waals surface area contributed by atoms with Gasteiger partial charge in [0.05, 0.1) is 11.2 Å². The maximum Gasteiger partial charge on any atom is 0.334 e. The molecular weight excluding hydrogens is 196 g/mol. The molecular formula is C11H18O4. The van der Waals surface area contributed by atoms with Crippen molar-refractivity contribution in [3.63, 3.8) is 0 Å². The van der Waals surface area contributed by atoms with Gasteiger partial charge in [0.15, 0.2) is 0 Å². The molecule has 0 aliphatic carbocycles. The molecule has 0 aliphatic heterocycles. The lowest BCUT2D eigenvalue weighted by molar-refractivity contribution is -0.358. The number of hydrogen-bond acceptors (Lipinski definition) is 3. The minimum Gasteiger partial charge on any atom is -0.478 e. The summed E-state index contributed by atoms with van der Waals surface area (Å²) in [6.45, 7) is 10.6. The number of carboxylic acids is 1. The minimum absolute atomic E-state index is 0.106. The number of hydrogen-bond donors (Lipinski definition) is 1. The fraction of sp³-hybridized carbons (Fsp3) is 0.545. The van der Waals surface area contributed by atoms with Crippen molar-refractivity contribution in [2.24, 2.45) is 0 Å². The van der Waals surface area contributed by atoms with Gasteiger partial charge in [0.1, 0.15) is 6.10 Å². The highest BCUT2D eigenvalue weighted by Gasteiger charge is 2.21. The van der Waals surface area contributed by atoms with Gasteiger partial charge < -0.3 is 5.11 Å². The third-order valence-electron chi connectivity index (χ3n) is 1.48. The molecule has 0 spiro atoms. The molecule has 0 aliphatic rings. The van der Waals surface area contributed by atoms with Crippen LogP contribution in [-0.2, 0) is 14.6 Å². The van der Waals surface area contributed by atoms with Gasteiger partial charge in [-0.1, -0.05) is 12.2 Å². The van der Waals surface area contributed by atoms with Crippen LogP contribution in [-0.4, -0.2) is 22.8 Å². The summed E-state index contributed by atoms with van der Waals surface area (Å²) in [6, 6.07) is 0. The van der Waals surface area contributed by atoms with Gasteiger partial charge in [0, 0.05) is 0 Å². The van der Waals surface area contributed by atoms with Crippen molar-refractivity contribution in [3.8, 4) is 0 Å². The summed E-state index contributed by atoms with van der Waals surface area (Å²) in [4.78, 5) is 20.8. The summed E-state index contributed by atoms with van der Waals surface area (Å²) in [5.74, 6) is -1.04. The summed E-state index contributed by atoms with van der Waals surface area (Å²) in [5.41, 5.74) is -0.382. The zero-order chi connectivity index (χ0) is 12.1. The lowest BCUT2D eigenvalue weighted by atomic mass is 10.1. The SMILES string of the molecule is C=CC(OOC(C)(C)C)C(=CC)C(=O)O. The van der Waals surface area contributed by atoms with E-state index < -0.39 is 17.7 Å². The highest BCUT2D eigenvalue weighted by atomic mass is 17.2. The molecule has 0 aromatic rings. The molecule has 86 valence electrons. The van der Waals surface area contributed by atoms with E-state index in [1.807, 2.05) is 20.8 Å². The van der Waals surface area contributed by atoms with Crippen LogP contribution in [0.1, 0.15) is 27.7 Å². The first-order valence-corrected chi connectivity index (χ1v) is 4.68. The van der Waals surface area contributed by atoms with Crippen molar-refractivity contribution in [2.75, 3.05) is 0 Å². The van der Waals surface area contributed by atoms with E-state index >= 15 is 0 Å². The molecule has 0 aromatic heterocycles. The second-order valence-electron chi connectivity index (χ2n) is 4.00. The van der Waals surface area contributed by atoms with E-state index in [4.69, 9.17) is 14.9 Å². The van der Waals surface area contributed by atoms with Crippen molar-refractivity contribution in [3.05, 3.63) is 24.3 Å². The fourth-order valence-corrected chi connectivity index (χ4v) is 0.824. The van der Waals surface area contributed by atoms with Gasteiger partial charge in [-0.15, -0.1) is 6.58 Å². The Hall–Kier alpha value is -1.13. The molecule has 4 nitrogen and oxygen atoms in total. The molecule has 4 heteroatoms. The molecule has 0 bridgehead atoms. The minimum atomic E-state index is -1.04. The largest absolute Gasteiger partial charge is 0.478 e. The zero-order valence-electron chi connectivity index (χ0n) is 9.61. The summed E-state index contributed by atoms with van der Waals surface area (Å²) in [6.07, 6.45) is 2.09.